The number of carbonyl (C=O) groups excluding carboxylic acids is 2. The summed E-state index contributed by atoms with van der Waals surface area (Å²) in [6.07, 6.45) is 0.765. The third-order valence-corrected chi connectivity index (χ3v) is 3.66. The molecule has 0 fully saturated rings. The van der Waals surface area contributed by atoms with Crippen molar-refractivity contribution in [2.75, 3.05) is 7.05 Å². The predicted octanol–water partition coefficient (Wildman–Crippen LogP) is 2.20. The van der Waals surface area contributed by atoms with Crippen LogP contribution in [-0.4, -0.2) is 28.8 Å². The van der Waals surface area contributed by atoms with Gasteiger partial charge in [-0.2, -0.15) is 0 Å². The Kier molecular flexibility index (Phi) is 6.22. The summed E-state index contributed by atoms with van der Waals surface area (Å²) in [5.41, 5.74) is 1.81. The molecule has 0 saturated carbocycles. The van der Waals surface area contributed by atoms with E-state index < -0.39 is 11.9 Å². The van der Waals surface area contributed by atoms with E-state index in [1.165, 1.54) is 0 Å². The van der Waals surface area contributed by atoms with Crippen LogP contribution in [0.5, 0.6) is 0 Å². The van der Waals surface area contributed by atoms with E-state index in [0.29, 0.717) is 17.3 Å². The largest absolute Gasteiger partial charge is 0.357 e. The first-order chi connectivity index (χ1) is 11.9. The average Bonchev–Trinajstić information content (AvgIpc) is 2.58. The van der Waals surface area contributed by atoms with Crippen molar-refractivity contribution < 1.29 is 9.59 Å². The predicted molar refractivity (Wildman–Crippen MR) is 96.0 cm³/mol. The number of rotatable bonds is 6. The molecule has 0 saturated heterocycles. The van der Waals surface area contributed by atoms with Gasteiger partial charge in [0.2, 0.25) is 5.91 Å². The third-order valence-electron chi connectivity index (χ3n) is 3.66. The Morgan fingerprint density at radius 2 is 1.80 bits per heavy atom. The Morgan fingerprint density at radius 1 is 1.12 bits per heavy atom. The van der Waals surface area contributed by atoms with Crippen LogP contribution >= 0.6 is 0 Å². The summed E-state index contributed by atoms with van der Waals surface area (Å²) in [6.45, 7) is 5.94. The lowest BCUT2D eigenvalue weighted by Crippen LogP contribution is -2.39. The minimum Gasteiger partial charge on any atom is -0.357 e. The van der Waals surface area contributed by atoms with Gasteiger partial charge in [0.05, 0.1) is 0 Å². The highest BCUT2D eigenvalue weighted by molar-refractivity contribution is 5.96. The number of nitrogens with one attached hydrogen (secondary N) is 2. The van der Waals surface area contributed by atoms with E-state index >= 15 is 0 Å². The molecule has 1 aromatic carbocycles. The van der Waals surface area contributed by atoms with Crippen LogP contribution < -0.4 is 10.6 Å². The topological polar surface area (TPSA) is 84.0 Å². The second-order valence-electron chi connectivity index (χ2n) is 6.32. The molecule has 1 atom stereocenters. The third kappa shape index (κ3) is 5.11. The number of amides is 2. The summed E-state index contributed by atoms with van der Waals surface area (Å²) in [7, 11) is 1.54. The first kappa shape index (κ1) is 18.6. The summed E-state index contributed by atoms with van der Waals surface area (Å²) in [6, 6.07) is 10.0. The van der Waals surface area contributed by atoms with Crippen LogP contribution in [-0.2, 0) is 11.2 Å². The number of aryl methyl sites for hydroxylation is 1. The Hall–Kier alpha value is -2.76. The maximum absolute atomic E-state index is 12.7. The van der Waals surface area contributed by atoms with Crippen molar-refractivity contribution in [2.24, 2.45) is 5.92 Å². The molecular weight excluding hydrogens is 316 g/mol. The number of hydrogen-bond donors (Lipinski definition) is 2. The number of benzene rings is 1. The van der Waals surface area contributed by atoms with Crippen molar-refractivity contribution in [3.05, 3.63) is 59.2 Å². The van der Waals surface area contributed by atoms with Gasteiger partial charge >= 0.3 is 0 Å². The number of carbonyl (C=O) groups is 2. The molecule has 0 bridgehead atoms. The molecule has 132 valence electrons. The summed E-state index contributed by atoms with van der Waals surface area (Å²) in [5, 5.41) is 5.35. The number of nitrogens with zero attached hydrogens (tertiary/aromatic N) is 2. The Balaban J connectivity index is 2.26. The minimum absolute atomic E-state index is 0.271. The van der Waals surface area contributed by atoms with Gasteiger partial charge in [0, 0.05) is 12.7 Å². The smallest absolute Gasteiger partial charge is 0.270 e. The van der Waals surface area contributed by atoms with Crippen LogP contribution in [0.25, 0.3) is 0 Å². The molecule has 0 aliphatic carbocycles. The van der Waals surface area contributed by atoms with Crippen molar-refractivity contribution in [1.29, 1.82) is 0 Å². The minimum atomic E-state index is -0.775. The quantitative estimate of drug-likeness (QED) is 0.844. The zero-order valence-electron chi connectivity index (χ0n) is 15.0. The molecule has 0 radical (unpaired) electrons. The van der Waals surface area contributed by atoms with E-state index in [4.69, 9.17) is 0 Å². The van der Waals surface area contributed by atoms with Crippen LogP contribution in [0.1, 0.15) is 47.5 Å². The molecule has 6 heteroatoms. The molecule has 2 aromatic rings. The van der Waals surface area contributed by atoms with Crippen molar-refractivity contribution >= 4 is 11.8 Å². The van der Waals surface area contributed by atoms with E-state index in [1.807, 2.05) is 18.2 Å². The fraction of sp³-hybridized carbons (Fsp3) is 0.368. The number of hydrogen-bond acceptors (Lipinski definition) is 4. The van der Waals surface area contributed by atoms with Gasteiger partial charge in [-0.05, 0) is 30.9 Å². The van der Waals surface area contributed by atoms with Crippen molar-refractivity contribution in [3.8, 4) is 0 Å². The van der Waals surface area contributed by atoms with Gasteiger partial charge in [0.25, 0.3) is 5.91 Å². The summed E-state index contributed by atoms with van der Waals surface area (Å²) < 4.78 is 0. The van der Waals surface area contributed by atoms with Gasteiger partial charge in [-0.3, -0.25) is 9.59 Å². The fourth-order valence-corrected chi connectivity index (χ4v) is 2.56. The first-order valence-corrected chi connectivity index (χ1v) is 8.32. The summed E-state index contributed by atoms with van der Waals surface area (Å²) in [4.78, 5) is 33.5. The second-order valence-corrected chi connectivity index (χ2v) is 6.32. The summed E-state index contributed by atoms with van der Waals surface area (Å²) in [5.74, 6) is 0.286. The zero-order valence-corrected chi connectivity index (χ0v) is 15.0. The van der Waals surface area contributed by atoms with Gasteiger partial charge in [-0.25, -0.2) is 9.97 Å². The van der Waals surface area contributed by atoms with Gasteiger partial charge in [-0.1, -0.05) is 44.2 Å². The van der Waals surface area contributed by atoms with Crippen LogP contribution in [0.4, 0.5) is 0 Å². The van der Waals surface area contributed by atoms with E-state index in [0.717, 1.165) is 12.1 Å². The van der Waals surface area contributed by atoms with Crippen LogP contribution in [0.15, 0.2) is 36.4 Å². The molecule has 1 heterocycles. The molecule has 2 rings (SSSR count). The van der Waals surface area contributed by atoms with Crippen molar-refractivity contribution in [1.82, 2.24) is 20.6 Å². The SMILES string of the molecule is CNC(=O)[C@@H](NC(=O)c1cc(CC(C)C)nc(C)n1)c1ccccc1. The van der Waals surface area contributed by atoms with E-state index in [9.17, 15) is 9.59 Å². The molecule has 2 N–H and O–H groups in total. The van der Waals surface area contributed by atoms with Gasteiger partial charge < -0.3 is 10.6 Å². The molecule has 0 aliphatic heterocycles. The van der Waals surface area contributed by atoms with Gasteiger partial charge in [0.15, 0.2) is 0 Å². The highest BCUT2D eigenvalue weighted by Gasteiger charge is 2.23. The second kappa shape index (κ2) is 8.37. The van der Waals surface area contributed by atoms with Crippen molar-refractivity contribution in [3.63, 3.8) is 0 Å². The van der Waals surface area contributed by atoms with Crippen LogP contribution in [0.2, 0.25) is 0 Å². The highest BCUT2D eigenvalue weighted by Crippen LogP contribution is 2.14. The van der Waals surface area contributed by atoms with Crippen LogP contribution in [0, 0.1) is 12.8 Å². The van der Waals surface area contributed by atoms with E-state index in [2.05, 4.69) is 34.4 Å². The first-order valence-electron chi connectivity index (χ1n) is 8.32. The van der Waals surface area contributed by atoms with Gasteiger partial charge in [0.1, 0.15) is 17.6 Å². The maximum Gasteiger partial charge on any atom is 0.270 e. The van der Waals surface area contributed by atoms with E-state index in [-0.39, 0.29) is 11.6 Å². The van der Waals surface area contributed by atoms with Crippen molar-refractivity contribution in [2.45, 2.75) is 33.2 Å². The lowest BCUT2D eigenvalue weighted by molar-refractivity contribution is -0.122. The maximum atomic E-state index is 12.7. The molecule has 25 heavy (non-hydrogen) atoms. The zero-order chi connectivity index (χ0) is 18.4. The highest BCUT2D eigenvalue weighted by atomic mass is 16.2. The molecule has 1 aromatic heterocycles. The standard InChI is InChI=1S/C19H24N4O2/c1-12(2)10-15-11-16(22-13(3)21-15)18(24)23-17(19(25)20-4)14-8-6-5-7-9-14/h5-9,11-12,17H,10H2,1-4H3,(H,20,25)(H,23,24)/t17-/m0/s1. The number of likely N-dealkylation sites (N-methyl/N-ethyl adjacent to an activating group) is 1. The molecular formula is C19H24N4O2. The van der Waals surface area contributed by atoms with E-state index in [1.54, 1.807) is 32.2 Å². The number of aromatic nitrogens is 2. The monoisotopic (exact) mass is 340 g/mol. The fourth-order valence-electron chi connectivity index (χ4n) is 2.56. The molecule has 0 aliphatic rings. The van der Waals surface area contributed by atoms with Gasteiger partial charge in [-0.15, -0.1) is 0 Å². The lowest BCUT2D eigenvalue weighted by Gasteiger charge is -2.18. The Morgan fingerprint density at radius 3 is 2.40 bits per heavy atom. The summed E-state index contributed by atoms with van der Waals surface area (Å²) >= 11 is 0. The Labute approximate surface area is 148 Å². The molecule has 0 unspecified atom stereocenters. The average molecular weight is 340 g/mol. The Bertz CT molecular complexity index is 744. The molecule has 6 nitrogen and oxygen atoms in total. The molecule has 2 amide bonds. The normalized spacial score (nSPS) is 11.9. The molecule has 0 spiro atoms. The van der Waals surface area contributed by atoms with Crippen LogP contribution in [0.3, 0.4) is 0 Å². The lowest BCUT2D eigenvalue weighted by atomic mass is 10.1.